The Morgan fingerprint density at radius 3 is 1.53 bits per heavy atom. The Kier molecular flexibility index (Phi) is 3.89. The Morgan fingerprint density at radius 1 is 0.737 bits per heavy atom. The second-order valence-corrected chi connectivity index (χ2v) is 4.00. The standard InChI is InChI=1S/C14H14O5/c15-7-9-5-11(1-3-13(9)17)19-12-2-4-14(18)10(6-12)8-16/h1-6,15-18H,7-8H2. The molecule has 2 aromatic carbocycles. The molecule has 0 aromatic heterocycles. The predicted octanol–water partition coefficient (Wildman–Crippen LogP) is 1.87. The number of ether oxygens (including phenoxy) is 1. The zero-order valence-electron chi connectivity index (χ0n) is 10.1. The summed E-state index contributed by atoms with van der Waals surface area (Å²) >= 11 is 0. The lowest BCUT2D eigenvalue weighted by molar-refractivity contribution is 0.274. The number of aliphatic hydroxyl groups is 2. The van der Waals surface area contributed by atoms with E-state index in [4.69, 9.17) is 14.9 Å². The molecule has 0 atom stereocenters. The van der Waals surface area contributed by atoms with Gasteiger partial charge in [0.2, 0.25) is 0 Å². The summed E-state index contributed by atoms with van der Waals surface area (Å²) in [6, 6.07) is 8.99. The fraction of sp³-hybridized carbons (Fsp3) is 0.143. The average Bonchev–Trinajstić information content (AvgIpc) is 2.43. The molecule has 0 amide bonds. The van der Waals surface area contributed by atoms with E-state index in [9.17, 15) is 10.2 Å². The maximum atomic E-state index is 9.44. The van der Waals surface area contributed by atoms with Crippen molar-refractivity contribution in [3.63, 3.8) is 0 Å². The summed E-state index contributed by atoms with van der Waals surface area (Å²) < 4.78 is 5.53. The van der Waals surface area contributed by atoms with Crippen LogP contribution in [0.1, 0.15) is 11.1 Å². The highest BCUT2D eigenvalue weighted by molar-refractivity contribution is 5.43. The van der Waals surface area contributed by atoms with Gasteiger partial charge in [-0.05, 0) is 36.4 Å². The molecule has 0 saturated carbocycles. The fourth-order valence-electron chi connectivity index (χ4n) is 1.64. The lowest BCUT2D eigenvalue weighted by atomic mass is 10.2. The molecule has 0 bridgehead atoms. The molecule has 0 spiro atoms. The highest BCUT2D eigenvalue weighted by Crippen LogP contribution is 2.29. The van der Waals surface area contributed by atoms with Crippen LogP contribution in [0.4, 0.5) is 0 Å². The number of hydrogen-bond acceptors (Lipinski definition) is 5. The molecule has 0 fully saturated rings. The van der Waals surface area contributed by atoms with Crippen LogP contribution in [0.3, 0.4) is 0 Å². The molecule has 2 rings (SSSR count). The minimum atomic E-state index is -0.291. The van der Waals surface area contributed by atoms with Crippen LogP contribution in [0, 0.1) is 0 Å². The van der Waals surface area contributed by atoms with Crippen LogP contribution in [-0.4, -0.2) is 20.4 Å². The number of aromatic hydroxyl groups is 2. The number of hydrogen-bond donors (Lipinski definition) is 4. The van der Waals surface area contributed by atoms with E-state index in [1.807, 2.05) is 0 Å². The summed E-state index contributed by atoms with van der Waals surface area (Å²) in [5.74, 6) is 0.876. The van der Waals surface area contributed by atoms with Crippen molar-refractivity contribution < 1.29 is 25.2 Å². The van der Waals surface area contributed by atoms with E-state index in [1.165, 1.54) is 24.3 Å². The quantitative estimate of drug-likeness (QED) is 0.675. The van der Waals surface area contributed by atoms with Gasteiger partial charge in [-0.3, -0.25) is 0 Å². The van der Waals surface area contributed by atoms with Crippen LogP contribution in [0.15, 0.2) is 36.4 Å². The van der Waals surface area contributed by atoms with Crippen molar-refractivity contribution in [1.82, 2.24) is 0 Å². The molecule has 0 aliphatic heterocycles. The average molecular weight is 262 g/mol. The van der Waals surface area contributed by atoms with E-state index in [1.54, 1.807) is 12.1 Å². The Morgan fingerprint density at radius 2 is 1.16 bits per heavy atom. The lowest BCUT2D eigenvalue weighted by Crippen LogP contribution is -1.90. The van der Waals surface area contributed by atoms with E-state index in [0.717, 1.165) is 0 Å². The van der Waals surface area contributed by atoms with Gasteiger partial charge in [0.05, 0.1) is 13.2 Å². The summed E-state index contributed by atoms with van der Waals surface area (Å²) in [5, 5.41) is 37.0. The Labute approximate surface area is 110 Å². The Bertz CT molecular complexity index is 529. The zero-order valence-corrected chi connectivity index (χ0v) is 10.1. The van der Waals surface area contributed by atoms with Gasteiger partial charge in [0.25, 0.3) is 0 Å². The van der Waals surface area contributed by atoms with Gasteiger partial charge in [-0.15, -0.1) is 0 Å². The molecule has 2 aromatic rings. The summed E-state index contributed by atoms with van der Waals surface area (Å²) in [4.78, 5) is 0. The molecule has 5 nitrogen and oxygen atoms in total. The van der Waals surface area contributed by atoms with Crippen LogP contribution in [0.25, 0.3) is 0 Å². The second-order valence-electron chi connectivity index (χ2n) is 4.00. The molecule has 0 heterocycles. The van der Waals surface area contributed by atoms with Crippen LogP contribution in [0.2, 0.25) is 0 Å². The molecular formula is C14H14O5. The van der Waals surface area contributed by atoms with Gasteiger partial charge >= 0.3 is 0 Å². The van der Waals surface area contributed by atoms with Crippen LogP contribution in [-0.2, 0) is 13.2 Å². The van der Waals surface area contributed by atoms with Gasteiger partial charge in [-0.25, -0.2) is 0 Å². The third-order valence-electron chi connectivity index (χ3n) is 2.68. The number of benzene rings is 2. The maximum absolute atomic E-state index is 9.44. The monoisotopic (exact) mass is 262 g/mol. The molecule has 5 heteroatoms. The van der Waals surface area contributed by atoms with Crippen molar-refractivity contribution in [2.24, 2.45) is 0 Å². The molecule has 0 unspecified atom stereocenters. The molecule has 0 radical (unpaired) electrons. The fourth-order valence-corrected chi connectivity index (χ4v) is 1.64. The largest absolute Gasteiger partial charge is 0.508 e. The lowest BCUT2D eigenvalue weighted by Gasteiger charge is -2.09. The number of rotatable bonds is 4. The summed E-state index contributed by atoms with van der Waals surface area (Å²) in [7, 11) is 0. The normalized spacial score (nSPS) is 10.4. The van der Waals surface area contributed by atoms with Crippen molar-refractivity contribution in [1.29, 1.82) is 0 Å². The molecule has 0 aliphatic rings. The van der Waals surface area contributed by atoms with E-state index >= 15 is 0 Å². The Hall–Kier alpha value is -2.24. The van der Waals surface area contributed by atoms with Gasteiger partial charge < -0.3 is 25.2 Å². The highest BCUT2D eigenvalue weighted by atomic mass is 16.5. The Balaban J connectivity index is 2.25. The third kappa shape index (κ3) is 2.96. The molecule has 100 valence electrons. The van der Waals surface area contributed by atoms with Crippen molar-refractivity contribution >= 4 is 0 Å². The van der Waals surface area contributed by atoms with E-state index in [0.29, 0.717) is 22.6 Å². The highest BCUT2D eigenvalue weighted by Gasteiger charge is 2.06. The van der Waals surface area contributed by atoms with Crippen LogP contribution >= 0.6 is 0 Å². The molecule has 0 aliphatic carbocycles. The molecular weight excluding hydrogens is 248 g/mol. The first-order chi connectivity index (χ1) is 9.13. The molecule has 4 N–H and O–H groups in total. The minimum Gasteiger partial charge on any atom is -0.508 e. The first-order valence-electron chi connectivity index (χ1n) is 5.67. The van der Waals surface area contributed by atoms with Crippen LogP contribution < -0.4 is 4.74 Å². The molecule has 19 heavy (non-hydrogen) atoms. The topological polar surface area (TPSA) is 90.2 Å². The van der Waals surface area contributed by atoms with Gasteiger partial charge in [0.1, 0.15) is 23.0 Å². The summed E-state index contributed by atoms with van der Waals surface area (Å²) in [6.45, 7) is -0.582. The van der Waals surface area contributed by atoms with E-state index < -0.39 is 0 Å². The second kappa shape index (κ2) is 5.60. The first-order valence-corrected chi connectivity index (χ1v) is 5.67. The van der Waals surface area contributed by atoms with Crippen molar-refractivity contribution in [2.75, 3.05) is 0 Å². The predicted molar refractivity (Wildman–Crippen MR) is 68.1 cm³/mol. The van der Waals surface area contributed by atoms with E-state index in [2.05, 4.69) is 0 Å². The zero-order chi connectivity index (χ0) is 13.8. The van der Waals surface area contributed by atoms with Crippen LogP contribution in [0.5, 0.6) is 23.0 Å². The van der Waals surface area contributed by atoms with Gasteiger partial charge in [0.15, 0.2) is 0 Å². The smallest absolute Gasteiger partial charge is 0.128 e. The van der Waals surface area contributed by atoms with Gasteiger partial charge in [0, 0.05) is 11.1 Å². The first kappa shape index (κ1) is 13.2. The van der Waals surface area contributed by atoms with Crippen molar-refractivity contribution in [2.45, 2.75) is 13.2 Å². The number of aliphatic hydroxyl groups excluding tert-OH is 2. The van der Waals surface area contributed by atoms with Gasteiger partial charge in [-0.1, -0.05) is 0 Å². The molecule has 0 saturated heterocycles. The maximum Gasteiger partial charge on any atom is 0.128 e. The van der Waals surface area contributed by atoms with Gasteiger partial charge in [-0.2, -0.15) is 0 Å². The summed E-state index contributed by atoms with van der Waals surface area (Å²) in [5.41, 5.74) is 0.720. The summed E-state index contributed by atoms with van der Waals surface area (Å²) in [6.07, 6.45) is 0. The van der Waals surface area contributed by atoms with Crippen molar-refractivity contribution in [3.05, 3.63) is 47.5 Å². The SMILES string of the molecule is OCc1cc(Oc2ccc(O)c(CO)c2)ccc1O. The third-order valence-corrected chi connectivity index (χ3v) is 2.68. The number of phenols is 2. The van der Waals surface area contributed by atoms with Crippen molar-refractivity contribution in [3.8, 4) is 23.0 Å². The minimum absolute atomic E-state index is 0.00315. The van der Waals surface area contributed by atoms with E-state index in [-0.39, 0.29) is 24.7 Å².